The Bertz CT molecular complexity index is 529. The summed E-state index contributed by atoms with van der Waals surface area (Å²) >= 11 is 0. The molecule has 0 fully saturated rings. The lowest BCUT2D eigenvalue weighted by Gasteiger charge is -2.04. The van der Waals surface area contributed by atoms with Crippen molar-refractivity contribution in [1.82, 2.24) is 5.43 Å². The van der Waals surface area contributed by atoms with Crippen LogP contribution >= 0.6 is 0 Å². The predicted molar refractivity (Wildman–Crippen MR) is 79.5 cm³/mol. The summed E-state index contributed by atoms with van der Waals surface area (Å²) < 4.78 is 5.18. The maximum atomic E-state index is 11.4. The molecule has 0 aliphatic heterocycles. The summed E-state index contributed by atoms with van der Waals surface area (Å²) in [6.07, 6.45) is 3.52. The molecule has 0 saturated heterocycles. The SMILES string of the molecule is CCCCC(=O)N/N=C/c1ccc(OCC)c([N+](=O)[O-])c1. The van der Waals surface area contributed by atoms with E-state index in [9.17, 15) is 14.9 Å². The van der Waals surface area contributed by atoms with Crippen molar-refractivity contribution < 1.29 is 14.5 Å². The van der Waals surface area contributed by atoms with Crippen molar-refractivity contribution >= 4 is 17.8 Å². The molecule has 1 aromatic carbocycles. The van der Waals surface area contributed by atoms with Crippen LogP contribution < -0.4 is 10.2 Å². The van der Waals surface area contributed by atoms with Crippen LogP contribution in [0.15, 0.2) is 23.3 Å². The Labute approximate surface area is 123 Å². The average molecular weight is 293 g/mol. The van der Waals surface area contributed by atoms with E-state index in [1.807, 2.05) is 6.92 Å². The van der Waals surface area contributed by atoms with E-state index in [0.29, 0.717) is 18.6 Å². The second-order valence-corrected chi connectivity index (χ2v) is 4.31. The largest absolute Gasteiger partial charge is 0.487 e. The van der Waals surface area contributed by atoms with Gasteiger partial charge >= 0.3 is 5.69 Å². The van der Waals surface area contributed by atoms with Crippen molar-refractivity contribution in [2.45, 2.75) is 33.1 Å². The number of rotatable bonds is 8. The summed E-state index contributed by atoms with van der Waals surface area (Å²) in [5.41, 5.74) is 2.77. The first-order valence-corrected chi connectivity index (χ1v) is 6.81. The number of hydrogen-bond donors (Lipinski definition) is 1. The van der Waals surface area contributed by atoms with Crippen molar-refractivity contribution in [2.24, 2.45) is 5.10 Å². The lowest BCUT2D eigenvalue weighted by Crippen LogP contribution is -2.16. The molecular weight excluding hydrogens is 274 g/mol. The molecule has 1 amide bonds. The van der Waals surface area contributed by atoms with E-state index >= 15 is 0 Å². The van der Waals surface area contributed by atoms with Gasteiger partial charge < -0.3 is 4.74 Å². The van der Waals surface area contributed by atoms with Crippen LogP contribution in [0, 0.1) is 10.1 Å². The average Bonchev–Trinajstić information content (AvgIpc) is 2.46. The molecule has 0 heterocycles. The van der Waals surface area contributed by atoms with Crippen LogP contribution in [0.2, 0.25) is 0 Å². The zero-order valence-corrected chi connectivity index (χ0v) is 12.2. The highest BCUT2D eigenvalue weighted by atomic mass is 16.6. The number of unbranched alkanes of at least 4 members (excludes halogenated alkanes) is 1. The first kappa shape index (κ1) is 16.6. The molecule has 1 N–H and O–H groups in total. The smallest absolute Gasteiger partial charge is 0.311 e. The molecule has 21 heavy (non-hydrogen) atoms. The first-order valence-electron chi connectivity index (χ1n) is 6.81. The second kappa shape index (κ2) is 8.68. The highest BCUT2D eigenvalue weighted by molar-refractivity contribution is 5.83. The summed E-state index contributed by atoms with van der Waals surface area (Å²) in [5, 5.41) is 14.7. The summed E-state index contributed by atoms with van der Waals surface area (Å²) in [4.78, 5) is 21.8. The number of nitro groups is 1. The molecule has 0 aliphatic carbocycles. The maximum absolute atomic E-state index is 11.4. The second-order valence-electron chi connectivity index (χ2n) is 4.31. The van der Waals surface area contributed by atoms with Crippen LogP contribution in [0.25, 0.3) is 0 Å². The van der Waals surface area contributed by atoms with E-state index < -0.39 is 4.92 Å². The minimum Gasteiger partial charge on any atom is -0.487 e. The number of hydrogen-bond acceptors (Lipinski definition) is 5. The number of benzene rings is 1. The topological polar surface area (TPSA) is 93.8 Å². The highest BCUT2D eigenvalue weighted by Crippen LogP contribution is 2.27. The van der Waals surface area contributed by atoms with Gasteiger partial charge in [-0.25, -0.2) is 5.43 Å². The van der Waals surface area contributed by atoms with Gasteiger partial charge in [-0.05, 0) is 25.5 Å². The fourth-order valence-corrected chi connectivity index (χ4v) is 1.61. The standard InChI is InChI=1S/C14H19N3O4/c1-3-5-6-14(18)16-15-10-11-7-8-13(21-4-2)12(9-11)17(19)20/h7-10H,3-6H2,1-2H3,(H,16,18)/b15-10+. The van der Waals surface area contributed by atoms with Crippen LogP contribution in [0.5, 0.6) is 5.75 Å². The number of hydrazone groups is 1. The van der Waals surface area contributed by atoms with Gasteiger partial charge in [-0.2, -0.15) is 5.10 Å². The molecular formula is C14H19N3O4. The Morgan fingerprint density at radius 1 is 1.48 bits per heavy atom. The monoisotopic (exact) mass is 293 g/mol. The van der Waals surface area contributed by atoms with Gasteiger partial charge in [-0.15, -0.1) is 0 Å². The Balaban J connectivity index is 2.73. The van der Waals surface area contributed by atoms with E-state index in [0.717, 1.165) is 12.8 Å². The van der Waals surface area contributed by atoms with Crippen LogP contribution in [0.1, 0.15) is 38.7 Å². The number of nitrogens with zero attached hydrogens (tertiary/aromatic N) is 2. The quantitative estimate of drug-likeness (QED) is 0.453. The molecule has 0 radical (unpaired) electrons. The van der Waals surface area contributed by atoms with Gasteiger partial charge in [-0.1, -0.05) is 13.3 Å². The highest BCUT2D eigenvalue weighted by Gasteiger charge is 2.15. The zero-order chi connectivity index (χ0) is 15.7. The molecule has 0 aliphatic rings. The lowest BCUT2D eigenvalue weighted by atomic mass is 10.2. The van der Waals surface area contributed by atoms with E-state index in [1.165, 1.54) is 18.3 Å². The number of carbonyl (C=O) groups excluding carboxylic acids is 1. The molecule has 1 aromatic rings. The number of carbonyl (C=O) groups is 1. The van der Waals surface area contributed by atoms with Gasteiger partial charge in [0.15, 0.2) is 5.75 Å². The number of amides is 1. The number of ether oxygens (including phenoxy) is 1. The van der Waals surface area contributed by atoms with Crippen molar-refractivity contribution in [1.29, 1.82) is 0 Å². The third-order valence-electron chi connectivity index (χ3n) is 2.64. The van der Waals surface area contributed by atoms with Crippen LogP contribution in [-0.4, -0.2) is 23.7 Å². The molecule has 0 unspecified atom stereocenters. The first-order chi connectivity index (χ1) is 10.1. The van der Waals surface area contributed by atoms with E-state index in [4.69, 9.17) is 4.74 Å². The van der Waals surface area contributed by atoms with Crippen LogP contribution in [0.3, 0.4) is 0 Å². The lowest BCUT2D eigenvalue weighted by molar-refractivity contribution is -0.385. The van der Waals surface area contributed by atoms with Gasteiger partial charge in [0.1, 0.15) is 0 Å². The Kier molecular flexibility index (Phi) is 6.86. The molecule has 1 rings (SSSR count). The van der Waals surface area contributed by atoms with E-state index in [1.54, 1.807) is 13.0 Å². The van der Waals surface area contributed by atoms with E-state index in [2.05, 4.69) is 10.5 Å². The Morgan fingerprint density at radius 3 is 2.86 bits per heavy atom. The van der Waals surface area contributed by atoms with Crippen molar-refractivity contribution in [3.05, 3.63) is 33.9 Å². The molecule has 0 aromatic heterocycles. The maximum Gasteiger partial charge on any atom is 0.311 e. The van der Waals surface area contributed by atoms with Gasteiger partial charge in [0.2, 0.25) is 5.91 Å². The van der Waals surface area contributed by atoms with E-state index in [-0.39, 0.29) is 17.3 Å². The predicted octanol–water partition coefficient (Wildman–Crippen LogP) is 2.63. The summed E-state index contributed by atoms with van der Waals surface area (Å²) in [6.45, 7) is 4.10. The molecule has 0 atom stereocenters. The molecule has 0 bridgehead atoms. The van der Waals surface area contributed by atoms with Crippen LogP contribution in [-0.2, 0) is 4.79 Å². The number of nitrogens with one attached hydrogen (secondary N) is 1. The van der Waals surface area contributed by atoms with Gasteiger partial charge in [-0.3, -0.25) is 14.9 Å². The zero-order valence-electron chi connectivity index (χ0n) is 12.2. The normalized spacial score (nSPS) is 10.6. The summed E-state index contributed by atoms with van der Waals surface area (Å²) in [6, 6.07) is 4.51. The molecule has 114 valence electrons. The van der Waals surface area contributed by atoms with Crippen molar-refractivity contribution in [3.8, 4) is 5.75 Å². The fraction of sp³-hybridized carbons (Fsp3) is 0.429. The summed E-state index contributed by atoms with van der Waals surface area (Å²) in [7, 11) is 0. The van der Waals surface area contributed by atoms with Gasteiger partial charge in [0.25, 0.3) is 0 Å². The Hall–Kier alpha value is -2.44. The fourth-order valence-electron chi connectivity index (χ4n) is 1.61. The van der Waals surface area contributed by atoms with Crippen LogP contribution in [0.4, 0.5) is 5.69 Å². The molecule has 0 saturated carbocycles. The molecule has 7 nitrogen and oxygen atoms in total. The Morgan fingerprint density at radius 2 is 2.24 bits per heavy atom. The third-order valence-corrected chi connectivity index (χ3v) is 2.64. The third kappa shape index (κ3) is 5.60. The summed E-state index contributed by atoms with van der Waals surface area (Å²) in [5.74, 6) is 0.0418. The van der Waals surface area contributed by atoms with Crippen molar-refractivity contribution in [3.63, 3.8) is 0 Å². The molecule has 7 heteroatoms. The minimum atomic E-state index is -0.512. The van der Waals surface area contributed by atoms with Gasteiger partial charge in [0, 0.05) is 18.1 Å². The van der Waals surface area contributed by atoms with Gasteiger partial charge in [0.05, 0.1) is 17.7 Å². The van der Waals surface area contributed by atoms with Crippen molar-refractivity contribution in [2.75, 3.05) is 6.61 Å². The minimum absolute atomic E-state index is 0.127. The number of nitro benzene ring substituents is 1. The molecule has 0 spiro atoms.